The second-order valence-corrected chi connectivity index (χ2v) is 4.06. The van der Waals surface area contributed by atoms with Crippen molar-refractivity contribution in [3.8, 4) is 0 Å². The van der Waals surface area contributed by atoms with Crippen molar-refractivity contribution in [3.63, 3.8) is 0 Å². The Labute approximate surface area is 70.9 Å². The SMILES string of the molecule is CC/C=C(\C)CNC(C)(C)C. The van der Waals surface area contributed by atoms with E-state index in [2.05, 4.69) is 46.0 Å². The Balaban J connectivity index is 3.62. The fraction of sp³-hybridized carbons (Fsp3) is 0.800. The maximum absolute atomic E-state index is 3.44. The highest BCUT2D eigenvalue weighted by Crippen LogP contribution is 2.00. The Hall–Kier alpha value is -0.300. The van der Waals surface area contributed by atoms with Crippen LogP contribution in [-0.2, 0) is 0 Å². The normalized spacial score (nSPS) is 13.7. The maximum Gasteiger partial charge on any atom is 0.0166 e. The lowest BCUT2D eigenvalue weighted by Crippen LogP contribution is -2.36. The summed E-state index contributed by atoms with van der Waals surface area (Å²) in [7, 11) is 0. The summed E-state index contributed by atoms with van der Waals surface area (Å²) < 4.78 is 0. The lowest BCUT2D eigenvalue weighted by atomic mass is 10.1. The van der Waals surface area contributed by atoms with Crippen LogP contribution in [0.1, 0.15) is 41.0 Å². The smallest absolute Gasteiger partial charge is 0.0166 e. The van der Waals surface area contributed by atoms with Crippen LogP contribution in [0.3, 0.4) is 0 Å². The molecule has 1 heteroatoms. The average Bonchev–Trinajstić information content (AvgIpc) is 1.83. The minimum Gasteiger partial charge on any atom is -0.308 e. The predicted octanol–water partition coefficient (Wildman–Crippen LogP) is 2.73. The molecule has 0 aromatic rings. The van der Waals surface area contributed by atoms with Crippen molar-refractivity contribution in [1.82, 2.24) is 5.32 Å². The molecule has 0 spiro atoms. The fourth-order valence-corrected chi connectivity index (χ4v) is 0.825. The van der Waals surface area contributed by atoms with E-state index in [9.17, 15) is 0 Å². The molecule has 0 bridgehead atoms. The summed E-state index contributed by atoms with van der Waals surface area (Å²) in [5, 5.41) is 3.44. The standard InChI is InChI=1S/C10H21N/c1-6-7-9(2)8-11-10(3,4)5/h7,11H,6,8H2,1-5H3/b9-7+. The van der Waals surface area contributed by atoms with Gasteiger partial charge in [-0.05, 0) is 34.1 Å². The van der Waals surface area contributed by atoms with E-state index in [0.717, 1.165) is 13.0 Å². The first-order valence-corrected chi connectivity index (χ1v) is 4.36. The van der Waals surface area contributed by atoms with Crippen LogP contribution in [0.4, 0.5) is 0 Å². The molecule has 0 aliphatic rings. The summed E-state index contributed by atoms with van der Waals surface area (Å²) in [6.07, 6.45) is 3.40. The summed E-state index contributed by atoms with van der Waals surface area (Å²) >= 11 is 0. The van der Waals surface area contributed by atoms with Crippen molar-refractivity contribution >= 4 is 0 Å². The molecular weight excluding hydrogens is 134 g/mol. The van der Waals surface area contributed by atoms with Crippen molar-refractivity contribution in [3.05, 3.63) is 11.6 Å². The van der Waals surface area contributed by atoms with Gasteiger partial charge in [0.1, 0.15) is 0 Å². The summed E-state index contributed by atoms with van der Waals surface area (Å²) in [5.74, 6) is 0. The van der Waals surface area contributed by atoms with Crippen LogP contribution in [-0.4, -0.2) is 12.1 Å². The van der Waals surface area contributed by atoms with Crippen molar-refractivity contribution in [2.75, 3.05) is 6.54 Å². The van der Waals surface area contributed by atoms with Gasteiger partial charge in [0.2, 0.25) is 0 Å². The third-order valence-electron chi connectivity index (χ3n) is 1.45. The third kappa shape index (κ3) is 7.60. The van der Waals surface area contributed by atoms with Gasteiger partial charge in [0.05, 0.1) is 0 Å². The Morgan fingerprint density at radius 2 is 1.91 bits per heavy atom. The molecule has 0 radical (unpaired) electrons. The summed E-state index contributed by atoms with van der Waals surface area (Å²) in [5.41, 5.74) is 1.67. The summed E-state index contributed by atoms with van der Waals surface area (Å²) in [6, 6.07) is 0. The highest BCUT2D eigenvalue weighted by molar-refractivity contribution is 5.00. The molecule has 0 fully saturated rings. The Morgan fingerprint density at radius 1 is 1.36 bits per heavy atom. The van der Waals surface area contributed by atoms with E-state index < -0.39 is 0 Å². The van der Waals surface area contributed by atoms with Crippen LogP contribution in [0.15, 0.2) is 11.6 Å². The van der Waals surface area contributed by atoms with Gasteiger partial charge < -0.3 is 5.32 Å². The van der Waals surface area contributed by atoms with E-state index >= 15 is 0 Å². The fourth-order valence-electron chi connectivity index (χ4n) is 0.825. The number of allylic oxidation sites excluding steroid dienone is 1. The maximum atomic E-state index is 3.44. The molecule has 0 aliphatic heterocycles. The molecule has 11 heavy (non-hydrogen) atoms. The van der Waals surface area contributed by atoms with Crippen LogP contribution in [0.25, 0.3) is 0 Å². The highest BCUT2D eigenvalue weighted by Gasteiger charge is 2.07. The molecule has 1 nitrogen and oxygen atoms in total. The topological polar surface area (TPSA) is 12.0 Å². The molecule has 66 valence electrons. The van der Waals surface area contributed by atoms with E-state index in [1.165, 1.54) is 5.57 Å². The quantitative estimate of drug-likeness (QED) is 0.618. The molecule has 0 saturated carbocycles. The van der Waals surface area contributed by atoms with Crippen LogP contribution >= 0.6 is 0 Å². The largest absolute Gasteiger partial charge is 0.308 e. The Kier molecular flexibility index (Phi) is 4.43. The van der Waals surface area contributed by atoms with Gasteiger partial charge in [-0.1, -0.05) is 18.6 Å². The minimum absolute atomic E-state index is 0.239. The molecule has 0 saturated heterocycles. The van der Waals surface area contributed by atoms with E-state index in [0.29, 0.717) is 0 Å². The lowest BCUT2D eigenvalue weighted by Gasteiger charge is -2.20. The molecule has 0 unspecified atom stereocenters. The van der Waals surface area contributed by atoms with Gasteiger partial charge in [-0.25, -0.2) is 0 Å². The zero-order chi connectivity index (χ0) is 8.91. The minimum atomic E-state index is 0.239. The molecule has 1 N–H and O–H groups in total. The molecular formula is C10H21N. The second-order valence-electron chi connectivity index (χ2n) is 4.06. The van der Waals surface area contributed by atoms with Gasteiger partial charge in [0.15, 0.2) is 0 Å². The van der Waals surface area contributed by atoms with E-state index in [1.807, 2.05) is 0 Å². The highest BCUT2D eigenvalue weighted by atomic mass is 14.9. The van der Waals surface area contributed by atoms with E-state index in [1.54, 1.807) is 0 Å². The van der Waals surface area contributed by atoms with Crippen LogP contribution in [0.2, 0.25) is 0 Å². The van der Waals surface area contributed by atoms with Crippen molar-refractivity contribution in [1.29, 1.82) is 0 Å². The molecule has 0 atom stereocenters. The molecule has 0 aromatic heterocycles. The van der Waals surface area contributed by atoms with Crippen molar-refractivity contribution < 1.29 is 0 Å². The van der Waals surface area contributed by atoms with E-state index in [-0.39, 0.29) is 5.54 Å². The molecule has 0 rings (SSSR count). The van der Waals surface area contributed by atoms with Gasteiger partial charge in [0, 0.05) is 12.1 Å². The van der Waals surface area contributed by atoms with Crippen LogP contribution in [0.5, 0.6) is 0 Å². The first-order valence-electron chi connectivity index (χ1n) is 4.36. The summed E-state index contributed by atoms with van der Waals surface area (Å²) in [6.45, 7) is 11.9. The number of rotatable bonds is 3. The van der Waals surface area contributed by atoms with Crippen molar-refractivity contribution in [2.45, 2.75) is 46.6 Å². The molecule has 0 aromatic carbocycles. The number of hydrogen-bond donors (Lipinski definition) is 1. The lowest BCUT2D eigenvalue weighted by molar-refractivity contribution is 0.444. The van der Waals surface area contributed by atoms with Crippen molar-refractivity contribution in [2.24, 2.45) is 0 Å². The monoisotopic (exact) mass is 155 g/mol. The number of hydrogen-bond acceptors (Lipinski definition) is 1. The van der Waals surface area contributed by atoms with Gasteiger partial charge in [-0.3, -0.25) is 0 Å². The van der Waals surface area contributed by atoms with Crippen LogP contribution < -0.4 is 5.32 Å². The Bertz CT molecular complexity index is 128. The van der Waals surface area contributed by atoms with Gasteiger partial charge in [-0.2, -0.15) is 0 Å². The summed E-state index contributed by atoms with van der Waals surface area (Å²) in [4.78, 5) is 0. The molecule has 0 aliphatic carbocycles. The zero-order valence-electron chi connectivity index (χ0n) is 8.49. The predicted molar refractivity (Wildman–Crippen MR) is 51.8 cm³/mol. The van der Waals surface area contributed by atoms with Crippen LogP contribution in [0, 0.1) is 0 Å². The number of nitrogens with one attached hydrogen (secondary N) is 1. The first kappa shape index (κ1) is 10.7. The average molecular weight is 155 g/mol. The van der Waals surface area contributed by atoms with Gasteiger partial charge >= 0.3 is 0 Å². The van der Waals surface area contributed by atoms with E-state index in [4.69, 9.17) is 0 Å². The second kappa shape index (κ2) is 4.55. The molecule has 0 heterocycles. The van der Waals surface area contributed by atoms with Gasteiger partial charge in [-0.15, -0.1) is 0 Å². The third-order valence-corrected chi connectivity index (χ3v) is 1.45. The van der Waals surface area contributed by atoms with Gasteiger partial charge in [0.25, 0.3) is 0 Å². The zero-order valence-corrected chi connectivity index (χ0v) is 8.49. The molecule has 0 amide bonds. The Morgan fingerprint density at radius 3 is 2.27 bits per heavy atom. The first-order chi connectivity index (χ1) is 4.95.